The highest BCUT2D eigenvalue weighted by Gasteiger charge is 1.86. The Hall–Kier alpha value is -0.575. The monoisotopic (exact) mass is 175 g/mol. The molecule has 0 amide bonds. The van der Waals surface area contributed by atoms with Crippen molar-refractivity contribution in [1.82, 2.24) is 0 Å². The highest BCUT2D eigenvalue weighted by atomic mass is 35.5. The number of hydrogen-bond donors (Lipinski definition) is 2. The van der Waals surface area contributed by atoms with Crippen LogP contribution in [0.15, 0.2) is 24.3 Å². The molecular weight excluding hydrogens is 169 g/mol. The van der Waals surface area contributed by atoms with Gasteiger partial charge in [0.25, 0.3) is 0 Å². The van der Waals surface area contributed by atoms with Crippen molar-refractivity contribution in [3.63, 3.8) is 0 Å². The molecule has 11 heavy (non-hydrogen) atoms. The van der Waals surface area contributed by atoms with Gasteiger partial charge in [-0.15, -0.1) is 0 Å². The zero-order chi connectivity index (χ0) is 8.69. The van der Waals surface area contributed by atoms with Crippen LogP contribution in [0.25, 0.3) is 0 Å². The number of benzene rings is 1. The van der Waals surface area contributed by atoms with E-state index in [-0.39, 0.29) is 13.5 Å². The van der Waals surface area contributed by atoms with Crippen molar-refractivity contribution in [3.8, 4) is 0 Å². The maximum absolute atomic E-state index is 12.1. The van der Waals surface area contributed by atoms with E-state index in [2.05, 4.69) is 0 Å². The molecule has 0 atom stereocenters. The molecule has 2 nitrogen and oxygen atoms in total. The number of rotatable bonds is 0. The Balaban J connectivity index is 0.000000292. The molecule has 0 unspecified atom stereocenters. The Bertz CT molecular complexity index is 192. The Morgan fingerprint density at radius 3 is 2.18 bits per heavy atom. The van der Waals surface area contributed by atoms with E-state index in [4.69, 9.17) is 21.6 Å². The van der Waals surface area contributed by atoms with E-state index in [9.17, 15) is 4.39 Å². The molecule has 0 saturated carbocycles. The molecular formula is C6H6BClFO2. The van der Waals surface area contributed by atoms with Crippen molar-refractivity contribution in [2.75, 3.05) is 0 Å². The lowest BCUT2D eigenvalue weighted by molar-refractivity contribution is 0.448. The van der Waals surface area contributed by atoms with Crippen LogP contribution < -0.4 is 0 Å². The molecule has 59 valence electrons. The first-order valence-electron chi connectivity index (χ1n) is 2.72. The maximum Gasteiger partial charge on any atom is 0.482 e. The van der Waals surface area contributed by atoms with Crippen LogP contribution in [0.1, 0.15) is 0 Å². The molecule has 0 fully saturated rings. The predicted octanol–water partition coefficient (Wildman–Crippen LogP) is 0.984. The van der Waals surface area contributed by atoms with Crippen LogP contribution in [-0.2, 0) is 0 Å². The summed E-state index contributed by atoms with van der Waals surface area (Å²) >= 11 is 5.40. The van der Waals surface area contributed by atoms with Crippen molar-refractivity contribution < 1.29 is 14.4 Å². The number of halogens is 2. The fourth-order valence-electron chi connectivity index (χ4n) is 0.460. The molecule has 1 radical (unpaired) electrons. The molecule has 1 aromatic rings. The van der Waals surface area contributed by atoms with Crippen molar-refractivity contribution in [2.45, 2.75) is 0 Å². The summed E-state index contributed by atoms with van der Waals surface area (Å²) in [4.78, 5) is 0. The summed E-state index contributed by atoms with van der Waals surface area (Å²) in [5.74, 6) is -0.294. The van der Waals surface area contributed by atoms with Crippen LogP contribution in [0.4, 0.5) is 4.39 Å². The minimum atomic E-state index is -0.294. The third-order valence-corrected chi connectivity index (χ3v) is 1.02. The lowest BCUT2D eigenvalue weighted by atomic mass is 10.4. The fraction of sp³-hybridized carbons (Fsp3) is 0. The normalized spacial score (nSPS) is 8.00. The Morgan fingerprint density at radius 1 is 1.36 bits per heavy atom. The molecule has 0 aliphatic rings. The average molecular weight is 175 g/mol. The van der Waals surface area contributed by atoms with E-state index < -0.39 is 0 Å². The molecule has 0 aromatic heterocycles. The van der Waals surface area contributed by atoms with E-state index in [1.165, 1.54) is 12.1 Å². The third-order valence-electron chi connectivity index (χ3n) is 0.787. The van der Waals surface area contributed by atoms with Gasteiger partial charge >= 0.3 is 7.69 Å². The van der Waals surface area contributed by atoms with Crippen LogP contribution in [0.5, 0.6) is 0 Å². The summed E-state index contributed by atoms with van der Waals surface area (Å²) in [5, 5.41) is 14.4. The number of hydrogen-bond acceptors (Lipinski definition) is 2. The van der Waals surface area contributed by atoms with Crippen LogP contribution >= 0.6 is 11.6 Å². The van der Waals surface area contributed by atoms with Gasteiger partial charge in [0.2, 0.25) is 0 Å². The molecule has 0 bridgehead atoms. The van der Waals surface area contributed by atoms with E-state index in [0.717, 1.165) is 0 Å². The molecule has 1 rings (SSSR count). The molecule has 0 saturated heterocycles. The highest BCUT2D eigenvalue weighted by Crippen LogP contribution is 2.07. The Kier molecular flexibility index (Phi) is 5.83. The molecule has 2 N–H and O–H groups in total. The Labute approximate surface area is 69.6 Å². The first kappa shape index (κ1) is 10.4. The average Bonchev–Trinajstić information content (AvgIpc) is 1.88. The van der Waals surface area contributed by atoms with Gasteiger partial charge in [-0.2, -0.15) is 0 Å². The second-order valence-electron chi connectivity index (χ2n) is 1.56. The van der Waals surface area contributed by atoms with Crippen LogP contribution in [-0.4, -0.2) is 17.7 Å². The fourth-order valence-corrected chi connectivity index (χ4v) is 0.637. The minimum absolute atomic E-state index is 0. The topological polar surface area (TPSA) is 40.5 Å². The second-order valence-corrected chi connectivity index (χ2v) is 1.99. The second kappa shape index (κ2) is 6.16. The van der Waals surface area contributed by atoms with Gasteiger partial charge in [-0.3, -0.25) is 0 Å². The summed E-state index contributed by atoms with van der Waals surface area (Å²) in [6.45, 7) is 0. The first-order valence-corrected chi connectivity index (χ1v) is 3.09. The third kappa shape index (κ3) is 5.85. The van der Waals surface area contributed by atoms with E-state index >= 15 is 0 Å². The summed E-state index contributed by atoms with van der Waals surface area (Å²) in [6, 6.07) is 5.82. The van der Waals surface area contributed by atoms with E-state index in [0.29, 0.717) is 5.02 Å². The predicted molar refractivity (Wildman–Crippen MR) is 41.6 cm³/mol. The van der Waals surface area contributed by atoms with E-state index in [1.54, 1.807) is 12.1 Å². The lowest BCUT2D eigenvalue weighted by Gasteiger charge is -1.85. The quantitative estimate of drug-likeness (QED) is 0.577. The summed E-state index contributed by atoms with van der Waals surface area (Å²) < 4.78 is 12.1. The minimum Gasteiger partial charge on any atom is -0.429 e. The largest absolute Gasteiger partial charge is 0.482 e. The van der Waals surface area contributed by atoms with Crippen LogP contribution in [0.2, 0.25) is 5.02 Å². The molecule has 1 aromatic carbocycles. The zero-order valence-corrected chi connectivity index (χ0v) is 6.29. The van der Waals surface area contributed by atoms with Crippen LogP contribution in [0, 0.1) is 5.82 Å². The summed E-state index contributed by atoms with van der Waals surface area (Å²) in [7, 11) is 0. The van der Waals surface area contributed by atoms with Crippen LogP contribution in [0.3, 0.4) is 0 Å². The van der Waals surface area contributed by atoms with E-state index in [1.807, 2.05) is 0 Å². The smallest absolute Gasteiger partial charge is 0.429 e. The van der Waals surface area contributed by atoms with Gasteiger partial charge in [0.1, 0.15) is 5.82 Å². The zero-order valence-electron chi connectivity index (χ0n) is 5.54. The van der Waals surface area contributed by atoms with Gasteiger partial charge in [0, 0.05) is 5.02 Å². The summed E-state index contributed by atoms with van der Waals surface area (Å²) in [5.41, 5.74) is 0. The van der Waals surface area contributed by atoms with Crippen molar-refractivity contribution in [3.05, 3.63) is 35.1 Å². The van der Waals surface area contributed by atoms with Gasteiger partial charge in [0.15, 0.2) is 0 Å². The van der Waals surface area contributed by atoms with Gasteiger partial charge in [0.05, 0.1) is 0 Å². The molecule has 0 aliphatic heterocycles. The lowest BCUT2D eigenvalue weighted by Crippen LogP contribution is -1.75. The molecule has 0 heterocycles. The van der Waals surface area contributed by atoms with Gasteiger partial charge in [-0.1, -0.05) is 17.7 Å². The van der Waals surface area contributed by atoms with Crippen molar-refractivity contribution in [1.29, 1.82) is 0 Å². The SMILES string of the molecule is Fc1cccc(Cl)c1.O[B]O. The molecule has 0 aliphatic carbocycles. The van der Waals surface area contributed by atoms with Gasteiger partial charge in [-0.05, 0) is 18.2 Å². The van der Waals surface area contributed by atoms with Crippen molar-refractivity contribution >= 4 is 19.3 Å². The summed E-state index contributed by atoms with van der Waals surface area (Å²) in [6.07, 6.45) is 0. The Morgan fingerprint density at radius 2 is 1.91 bits per heavy atom. The molecule has 0 spiro atoms. The molecule has 5 heteroatoms. The van der Waals surface area contributed by atoms with Crippen molar-refractivity contribution in [2.24, 2.45) is 0 Å². The van der Waals surface area contributed by atoms with Gasteiger partial charge in [-0.25, -0.2) is 4.39 Å². The standard InChI is InChI=1S/C6H4ClF.BH2O2/c7-5-2-1-3-6(8)4-5;2-1-3/h1-4H;2-3H. The first-order chi connectivity index (χ1) is 5.20. The maximum atomic E-state index is 12.1. The van der Waals surface area contributed by atoms with Gasteiger partial charge < -0.3 is 10.0 Å². The highest BCUT2D eigenvalue weighted by molar-refractivity contribution is 6.30.